The van der Waals surface area contributed by atoms with E-state index in [9.17, 15) is 9.90 Å². The molecular weight excluding hydrogens is 204 g/mol. The van der Waals surface area contributed by atoms with Crippen LogP contribution in [0.2, 0.25) is 0 Å². The third-order valence-electron chi connectivity index (χ3n) is 3.72. The molecule has 16 heavy (non-hydrogen) atoms. The lowest BCUT2D eigenvalue weighted by molar-refractivity contribution is -0.119. The van der Waals surface area contributed by atoms with Crippen molar-refractivity contribution in [3.8, 4) is 5.75 Å². The zero-order chi connectivity index (χ0) is 11.3. The fourth-order valence-corrected chi connectivity index (χ4v) is 2.77. The highest BCUT2D eigenvalue weighted by atomic mass is 16.3. The number of anilines is 1. The van der Waals surface area contributed by atoms with Gasteiger partial charge < -0.3 is 15.7 Å². The summed E-state index contributed by atoms with van der Waals surface area (Å²) < 4.78 is 0. The van der Waals surface area contributed by atoms with Crippen molar-refractivity contribution in [1.29, 1.82) is 0 Å². The van der Waals surface area contributed by atoms with Crippen molar-refractivity contribution in [1.82, 2.24) is 0 Å². The smallest absolute Gasteiger partial charge is 0.230 e. The Morgan fingerprint density at radius 2 is 2.19 bits per heavy atom. The van der Waals surface area contributed by atoms with Crippen LogP contribution in [0.25, 0.3) is 0 Å². The van der Waals surface area contributed by atoms with Crippen molar-refractivity contribution in [2.45, 2.75) is 0 Å². The molecule has 1 aliphatic carbocycles. The molecule has 0 radical (unpaired) electrons. The first-order chi connectivity index (χ1) is 7.74. The van der Waals surface area contributed by atoms with Gasteiger partial charge in [-0.25, -0.2) is 0 Å². The van der Waals surface area contributed by atoms with Crippen molar-refractivity contribution >= 4 is 11.6 Å². The number of carbonyl (C=O) groups excluding carboxylic acids is 1. The van der Waals surface area contributed by atoms with Crippen LogP contribution in [-0.4, -0.2) is 24.1 Å². The summed E-state index contributed by atoms with van der Waals surface area (Å²) in [5, 5.41) is 9.69. The molecule has 4 heteroatoms. The molecule has 0 aromatic heterocycles. The van der Waals surface area contributed by atoms with Gasteiger partial charge in [-0.05, 0) is 30.5 Å². The average Bonchev–Trinajstić information content (AvgIpc) is 2.89. The summed E-state index contributed by atoms with van der Waals surface area (Å²) in [6.07, 6.45) is 0. The van der Waals surface area contributed by atoms with Gasteiger partial charge in [0, 0.05) is 12.5 Å². The van der Waals surface area contributed by atoms with Crippen molar-refractivity contribution in [3.63, 3.8) is 0 Å². The van der Waals surface area contributed by atoms with Crippen molar-refractivity contribution in [3.05, 3.63) is 24.3 Å². The maximum Gasteiger partial charge on any atom is 0.230 e. The number of hydrogen-bond acceptors (Lipinski definition) is 3. The van der Waals surface area contributed by atoms with Crippen LogP contribution >= 0.6 is 0 Å². The molecule has 1 saturated carbocycles. The molecular formula is C12H14N2O2. The lowest BCUT2D eigenvalue weighted by Gasteiger charge is -2.20. The number of nitrogens with zero attached hydrogens (tertiary/aromatic N) is 1. The SMILES string of the molecule is NCC1C2CN(c3ccccc3O)C(=O)C12. The molecule has 1 heterocycles. The predicted molar refractivity (Wildman–Crippen MR) is 60.0 cm³/mol. The second-order valence-electron chi connectivity index (χ2n) is 4.53. The second kappa shape index (κ2) is 3.22. The number of fused-ring (bicyclic) bond motifs is 1. The molecule has 0 spiro atoms. The van der Waals surface area contributed by atoms with Crippen LogP contribution in [0.4, 0.5) is 5.69 Å². The first-order valence-electron chi connectivity index (χ1n) is 5.53. The van der Waals surface area contributed by atoms with E-state index in [1.54, 1.807) is 23.1 Å². The molecule has 84 valence electrons. The molecule has 1 aromatic rings. The Kier molecular flexibility index (Phi) is 1.94. The number of nitrogens with two attached hydrogens (primary N) is 1. The highest BCUT2D eigenvalue weighted by molar-refractivity contribution is 6.01. The van der Waals surface area contributed by atoms with Gasteiger partial charge in [0.2, 0.25) is 5.91 Å². The number of phenols is 1. The Morgan fingerprint density at radius 1 is 1.44 bits per heavy atom. The highest BCUT2D eigenvalue weighted by Gasteiger charge is 2.61. The van der Waals surface area contributed by atoms with Crippen molar-refractivity contribution < 1.29 is 9.90 Å². The molecule has 0 bridgehead atoms. The first-order valence-corrected chi connectivity index (χ1v) is 5.53. The van der Waals surface area contributed by atoms with Gasteiger partial charge in [0.05, 0.1) is 5.69 Å². The van der Waals surface area contributed by atoms with Crippen LogP contribution in [0.1, 0.15) is 0 Å². The van der Waals surface area contributed by atoms with Gasteiger partial charge in [-0.15, -0.1) is 0 Å². The summed E-state index contributed by atoms with van der Waals surface area (Å²) in [5.74, 6) is 1.15. The fraction of sp³-hybridized carbons (Fsp3) is 0.417. The van der Waals surface area contributed by atoms with E-state index < -0.39 is 0 Å². The van der Waals surface area contributed by atoms with Crippen LogP contribution in [-0.2, 0) is 4.79 Å². The van der Waals surface area contributed by atoms with Gasteiger partial charge in [0.1, 0.15) is 5.75 Å². The van der Waals surface area contributed by atoms with E-state index >= 15 is 0 Å². The second-order valence-corrected chi connectivity index (χ2v) is 4.53. The molecule has 3 N–H and O–H groups in total. The Bertz CT molecular complexity index is 446. The number of carbonyl (C=O) groups is 1. The molecule has 3 rings (SSSR count). The summed E-state index contributed by atoms with van der Waals surface area (Å²) in [7, 11) is 0. The highest BCUT2D eigenvalue weighted by Crippen LogP contribution is 2.53. The van der Waals surface area contributed by atoms with Gasteiger partial charge >= 0.3 is 0 Å². The molecule has 3 unspecified atom stereocenters. The van der Waals surface area contributed by atoms with Crippen molar-refractivity contribution in [2.24, 2.45) is 23.5 Å². The Morgan fingerprint density at radius 3 is 2.75 bits per heavy atom. The molecule has 1 saturated heterocycles. The number of rotatable bonds is 2. The minimum atomic E-state index is 0.101. The van der Waals surface area contributed by atoms with Gasteiger partial charge in [0.15, 0.2) is 0 Å². The quantitative estimate of drug-likeness (QED) is 0.762. The summed E-state index contributed by atoms with van der Waals surface area (Å²) >= 11 is 0. The van der Waals surface area contributed by atoms with Crippen LogP contribution in [0.5, 0.6) is 5.75 Å². The molecule has 2 fully saturated rings. The average molecular weight is 218 g/mol. The zero-order valence-corrected chi connectivity index (χ0v) is 8.84. The largest absolute Gasteiger partial charge is 0.506 e. The monoisotopic (exact) mass is 218 g/mol. The molecule has 1 aromatic carbocycles. The third-order valence-corrected chi connectivity index (χ3v) is 3.72. The van der Waals surface area contributed by atoms with E-state index in [0.29, 0.717) is 30.6 Å². The predicted octanol–water partition coefficient (Wildman–Crippen LogP) is 0.560. The third kappa shape index (κ3) is 1.16. The first kappa shape index (κ1) is 9.66. The van der Waals surface area contributed by atoms with E-state index in [0.717, 1.165) is 0 Å². The minimum absolute atomic E-state index is 0.101. The number of benzene rings is 1. The van der Waals surface area contributed by atoms with Gasteiger partial charge in [-0.3, -0.25) is 4.79 Å². The summed E-state index contributed by atoms with van der Waals surface area (Å²) in [6.45, 7) is 1.29. The van der Waals surface area contributed by atoms with Crippen LogP contribution < -0.4 is 10.6 Å². The molecule has 1 aliphatic heterocycles. The Hall–Kier alpha value is -1.55. The maximum atomic E-state index is 12.0. The molecule has 4 nitrogen and oxygen atoms in total. The number of aromatic hydroxyl groups is 1. The summed E-state index contributed by atoms with van der Waals surface area (Å²) in [4.78, 5) is 13.7. The van der Waals surface area contributed by atoms with Crippen LogP contribution in [0, 0.1) is 17.8 Å². The van der Waals surface area contributed by atoms with Gasteiger partial charge in [0.25, 0.3) is 0 Å². The molecule has 3 atom stereocenters. The zero-order valence-electron chi connectivity index (χ0n) is 8.84. The lowest BCUT2D eigenvalue weighted by Crippen LogP contribution is -2.31. The number of piperidine rings is 1. The van der Waals surface area contributed by atoms with E-state index in [2.05, 4.69) is 0 Å². The fourth-order valence-electron chi connectivity index (χ4n) is 2.77. The maximum absolute atomic E-state index is 12.0. The number of para-hydroxylation sites is 2. The van der Waals surface area contributed by atoms with E-state index in [-0.39, 0.29) is 17.6 Å². The minimum Gasteiger partial charge on any atom is -0.506 e. The van der Waals surface area contributed by atoms with E-state index in [1.165, 1.54) is 0 Å². The van der Waals surface area contributed by atoms with Gasteiger partial charge in [-0.2, -0.15) is 0 Å². The molecule has 1 amide bonds. The topological polar surface area (TPSA) is 66.6 Å². The lowest BCUT2D eigenvalue weighted by atomic mass is 10.2. The molecule has 2 aliphatic rings. The summed E-state index contributed by atoms with van der Waals surface area (Å²) in [6, 6.07) is 6.96. The van der Waals surface area contributed by atoms with Crippen LogP contribution in [0.3, 0.4) is 0 Å². The Balaban J connectivity index is 1.85. The van der Waals surface area contributed by atoms with Crippen molar-refractivity contribution in [2.75, 3.05) is 18.0 Å². The number of hydrogen-bond donors (Lipinski definition) is 2. The number of amides is 1. The van der Waals surface area contributed by atoms with E-state index in [4.69, 9.17) is 5.73 Å². The summed E-state index contributed by atoms with van der Waals surface area (Å²) in [5.41, 5.74) is 6.20. The number of phenolic OH excluding ortho intramolecular Hbond substituents is 1. The van der Waals surface area contributed by atoms with Gasteiger partial charge in [-0.1, -0.05) is 12.1 Å². The standard InChI is InChI=1S/C12H14N2O2/c13-5-7-8-6-14(12(16)11(7)8)9-3-1-2-4-10(9)15/h1-4,7-8,11,15H,5-6,13H2. The van der Waals surface area contributed by atoms with Crippen LogP contribution in [0.15, 0.2) is 24.3 Å². The van der Waals surface area contributed by atoms with E-state index in [1.807, 2.05) is 6.07 Å². The Labute approximate surface area is 93.7 Å². The normalized spacial score (nSPS) is 31.7.